The smallest absolute Gasteiger partial charge is 0.293 e. The van der Waals surface area contributed by atoms with E-state index in [4.69, 9.17) is 9.47 Å². The van der Waals surface area contributed by atoms with Crippen LogP contribution in [0.4, 0.5) is 4.79 Å². The molecule has 1 atom stereocenters. The molecule has 0 radical (unpaired) electrons. The molecule has 130 valence electrons. The van der Waals surface area contributed by atoms with E-state index in [0.29, 0.717) is 23.0 Å². The Bertz CT molecular complexity index is 689. The molecule has 0 N–H and O–H groups in total. The normalized spacial score (nSPS) is 17.5. The van der Waals surface area contributed by atoms with Gasteiger partial charge in [0, 0.05) is 10.5 Å². The molecular formula is C17H20BrNO4S. The number of thioether (sulfide) groups is 1. The zero-order valence-corrected chi connectivity index (χ0v) is 16.5. The molecule has 1 aromatic carbocycles. The first-order chi connectivity index (χ1) is 11.4. The quantitative estimate of drug-likeness (QED) is 0.632. The summed E-state index contributed by atoms with van der Waals surface area (Å²) >= 11 is 4.44. The number of methoxy groups -OCH3 is 1. The van der Waals surface area contributed by atoms with Crippen LogP contribution in [0.25, 0.3) is 6.08 Å². The summed E-state index contributed by atoms with van der Waals surface area (Å²) in [6, 6.07) is 3.47. The molecule has 1 heterocycles. The van der Waals surface area contributed by atoms with Gasteiger partial charge in [-0.1, -0.05) is 22.9 Å². The van der Waals surface area contributed by atoms with Crippen molar-refractivity contribution in [2.24, 2.45) is 0 Å². The molecule has 7 heteroatoms. The Morgan fingerprint density at radius 1 is 1.29 bits per heavy atom. The fourth-order valence-corrected chi connectivity index (χ4v) is 3.63. The number of carbonyl (C=O) groups is 2. The molecule has 1 aliphatic heterocycles. The Balaban J connectivity index is 2.38. The van der Waals surface area contributed by atoms with Crippen LogP contribution in [-0.2, 0) is 4.79 Å². The number of ether oxygens (including phenoxy) is 2. The Morgan fingerprint density at radius 3 is 2.58 bits per heavy atom. The van der Waals surface area contributed by atoms with E-state index in [1.807, 2.05) is 20.8 Å². The molecule has 1 saturated heterocycles. The van der Waals surface area contributed by atoms with Gasteiger partial charge in [0.2, 0.25) is 0 Å². The number of halogens is 1. The molecule has 1 aromatic rings. The second kappa shape index (κ2) is 8.07. The zero-order valence-electron chi connectivity index (χ0n) is 14.1. The summed E-state index contributed by atoms with van der Waals surface area (Å²) in [6.07, 6.45) is 2.43. The maximum atomic E-state index is 12.5. The highest BCUT2D eigenvalue weighted by Gasteiger charge is 2.37. The van der Waals surface area contributed by atoms with Crippen LogP contribution in [0, 0.1) is 0 Å². The Morgan fingerprint density at radius 2 is 2.00 bits per heavy atom. The topological polar surface area (TPSA) is 55.8 Å². The number of amides is 2. The molecule has 0 aliphatic carbocycles. The van der Waals surface area contributed by atoms with Gasteiger partial charge in [0.25, 0.3) is 11.1 Å². The van der Waals surface area contributed by atoms with Crippen LogP contribution in [0.2, 0.25) is 0 Å². The maximum Gasteiger partial charge on any atom is 0.293 e. The predicted octanol–water partition coefficient (Wildman–Crippen LogP) is 4.69. The molecule has 0 unspecified atom stereocenters. The van der Waals surface area contributed by atoms with Crippen molar-refractivity contribution < 1.29 is 19.1 Å². The lowest BCUT2D eigenvalue weighted by atomic mass is 10.1. The highest BCUT2D eigenvalue weighted by Crippen LogP contribution is 2.38. The molecule has 1 fully saturated rings. The third kappa shape index (κ3) is 3.78. The highest BCUT2D eigenvalue weighted by atomic mass is 79.9. The van der Waals surface area contributed by atoms with E-state index in [-0.39, 0.29) is 17.2 Å². The number of hydrogen-bond donors (Lipinski definition) is 0. The van der Waals surface area contributed by atoms with Crippen LogP contribution in [0.1, 0.15) is 32.8 Å². The van der Waals surface area contributed by atoms with Crippen LogP contribution in [0.5, 0.6) is 11.5 Å². The Hall–Kier alpha value is -1.47. The molecule has 0 bridgehead atoms. The Kier molecular flexibility index (Phi) is 6.34. The lowest BCUT2D eigenvalue weighted by Crippen LogP contribution is -2.36. The van der Waals surface area contributed by atoms with Crippen molar-refractivity contribution in [1.29, 1.82) is 0 Å². The second-order valence-electron chi connectivity index (χ2n) is 5.27. The fourth-order valence-electron chi connectivity index (χ4n) is 2.27. The monoisotopic (exact) mass is 413 g/mol. The molecule has 2 rings (SSSR count). The zero-order chi connectivity index (χ0) is 17.9. The molecule has 24 heavy (non-hydrogen) atoms. The summed E-state index contributed by atoms with van der Waals surface area (Å²) in [7, 11) is 1.56. The molecule has 2 amide bonds. The number of imide groups is 1. The maximum absolute atomic E-state index is 12.5. The summed E-state index contributed by atoms with van der Waals surface area (Å²) in [5.41, 5.74) is 0.755. The minimum atomic E-state index is -0.251. The van der Waals surface area contributed by atoms with Gasteiger partial charge >= 0.3 is 0 Å². The van der Waals surface area contributed by atoms with Gasteiger partial charge in [-0.3, -0.25) is 14.5 Å². The van der Waals surface area contributed by atoms with Gasteiger partial charge in [0.05, 0.1) is 18.6 Å². The van der Waals surface area contributed by atoms with Crippen molar-refractivity contribution in [2.45, 2.75) is 33.2 Å². The van der Waals surface area contributed by atoms with Crippen LogP contribution < -0.4 is 9.47 Å². The van der Waals surface area contributed by atoms with Gasteiger partial charge in [-0.15, -0.1) is 0 Å². The lowest BCUT2D eigenvalue weighted by molar-refractivity contribution is -0.124. The summed E-state index contributed by atoms with van der Waals surface area (Å²) in [4.78, 5) is 26.3. The number of rotatable bonds is 6. The molecule has 5 nitrogen and oxygen atoms in total. The first-order valence-corrected chi connectivity index (χ1v) is 9.31. The van der Waals surface area contributed by atoms with Gasteiger partial charge < -0.3 is 9.47 Å². The number of nitrogens with zero attached hydrogens (tertiary/aromatic N) is 1. The van der Waals surface area contributed by atoms with E-state index in [9.17, 15) is 9.59 Å². The van der Waals surface area contributed by atoms with Crippen LogP contribution >= 0.6 is 27.7 Å². The van der Waals surface area contributed by atoms with E-state index >= 15 is 0 Å². The largest absolute Gasteiger partial charge is 0.493 e. The second-order valence-corrected chi connectivity index (χ2v) is 7.11. The fraction of sp³-hybridized carbons (Fsp3) is 0.412. The van der Waals surface area contributed by atoms with Crippen molar-refractivity contribution in [3.05, 3.63) is 27.1 Å². The van der Waals surface area contributed by atoms with E-state index in [1.54, 1.807) is 25.3 Å². The first kappa shape index (κ1) is 18.9. The average Bonchev–Trinajstić information content (AvgIpc) is 2.83. The molecular weight excluding hydrogens is 394 g/mol. The van der Waals surface area contributed by atoms with Gasteiger partial charge in [0.15, 0.2) is 11.5 Å². The highest BCUT2D eigenvalue weighted by molar-refractivity contribution is 9.10. The van der Waals surface area contributed by atoms with Crippen LogP contribution in [0.3, 0.4) is 0 Å². The summed E-state index contributed by atoms with van der Waals surface area (Å²) < 4.78 is 11.6. The third-order valence-corrected chi connectivity index (χ3v) is 5.29. The molecule has 0 aromatic heterocycles. The predicted molar refractivity (Wildman–Crippen MR) is 99.4 cm³/mol. The van der Waals surface area contributed by atoms with Crippen molar-refractivity contribution in [2.75, 3.05) is 13.7 Å². The van der Waals surface area contributed by atoms with E-state index in [0.717, 1.165) is 28.2 Å². The Labute approximate surface area is 154 Å². The third-order valence-electron chi connectivity index (χ3n) is 3.72. The van der Waals surface area contributed by atoms with E-state index in [2.05, 4.69) is 15.9 Å². The van der Waals surface area contributed by atoms with E-state index in [1.165, 1.54) is 4.90 Å². The summed E-state index contributed by atoms with van der Waals surface area (Å²) in [5, 5.41) is -0.227. The van der Waals surface area contributed by atoms with E-state index < -0.39 is 0 Å². The SMILES string of the molecule is CCOc1cc(Br)c(/C=C2/SC(=O)N([C@H](C)CC)C2=O)cc1OC. The first-order valence-electron chi connectivity index (χ1n) is 7.70. The average molecular weight is 414 g/mol. The van der Waals surface area contributed by atoms with Gasteiger partial charge in [-0.05, 0) is 55.8 Å². The van der Waals surface area contributed by atoms with Crippen LogP contribution in [0.15, 0.2) is 21.5 Å². The minimum Gasteiger partial charge on any atom is -0.493 e. The molecule has 0 saturated carbocycles. The number of hydrogen-bond acceptors (Lipinski definition) is 5. The number of carbonyl (C=O) groups excluding carboxylic acids is 2. The number of benzene rings is 1. The minimum absolute atomic E-state index is 0.110. The van der Waals surface area contributed by atoms with Crippen LogP contribution in [-0.4, -0.2) is 35.8 Å². The van der Waals surface area contributed by atoms with Gasteiger partial charge in [0.1, 0.15) is 0 Å². The lowest BCUT2D eigenvalue weighted by Gasteiger charge is -2.19. The summed E-state index contributed by atoms with van der Waals surface area (Å²) in [6.45, 7) is 6.24. The van der Waals surface area contributed by atoms with Gasteiger partial charge in [-0.25, -0.2) is 0 Å². The van der Waals surface area contributed by atoms with Crippen molar-refractivity contribution in [1.82, 2.24) is 4.90 Å². The standard InChI is InChI=1S/C17H20BrNO4S/c1-5-10(3)19-16(20)15(24-17(19)21)8-11-7-13(22-4)14(23-6-2)9-12(11)18/h7-10H,5-6H2,1-4H3/b15-8+/t10-/m1/s1. The molecule has 1 aliphatic rings. The summed E-state index contributed by atoms with van der Waals surface area (Å²) in [5.74, 6) is 0.947. The van der Waals surface area contributed by atoms with Crippen molar-refractivity contribution in [3.63, 3.8) is 0 Å². The van der Waals surface area contributed by atoms with Crippen molar-refractivity contribution in [3.8, 4) is 11.5 Å². The van der Waals surface area contributed by atoms with Crippen molar-refractivity contribution >= 4 is 44.9 Å². The molecule has 0 spiro atoms. The van der Waals surface area contributed by atoms with Gasteiger partial charge in [-0.2, -0.15) is 0 Å².